The minimum Gasteiger partial charge on any atom is -0.395 e. The van der Waals surface area contributed by atoms with Crippen molar-refractivity contribution in [2.45, 2.75) is 51.7 Å². The predicted octanol–water partition coefficient (Wildman–Crippen LogP) is 2.01. The topological polar surface area (TPSA) is 56.6 Å². The molecule has 0 amide bonds. The lowest BCUT2D eigenvalue weighted by Crippen LogP contribution is -2.39. The number of hydrogen-bond donors (Lipinski definition) is 2. The highest BCUT2D eigenvalue weighted by Gasteiger charge is 2.23. The minimum atomic E-state index is -0.00272. The molecule has 0 atom stereocenters. The first-order valence-corrected chi connectivity index (χ1v) is 7.20. The molecule has 0 aromatic carbocycles. The van der Waals surface area contributed by atoms with Gasteiger partial charge in [0.2, 0.25) is 0 Å². The Labute approximate surface area is 115 Å². The summed E-state index contributed by atoms with van der Waals surface area (Å²) in [6.45, 7) is 2.73. The van der Waals surface area contributed by atoms with Crippen molar-refractivity contribution in [3.63, 3.8) is 0 Å². The summed E-state index contributed by atoms with van der Waals surface area (Å²) < 4.78 is 0. The quantitative estimate of drug-likeness (QED) is 0.854. The van der Waals surface area contributed by atoms with Gasteiger partial charge in [0.1, 0.15) is 0 Å². The number of aromatic nitrogens is 1. The van der Waals surface area contributed by atoms with E-state index in [0.29, 0.717) is 12.6 Å². The first-order chi connectivity index (χ1) is 9.26. The zero-order valence-corrected chi connectivity index (χ0v) is 11.7. The highest BCUT2D eigenvalue weighted by atomic mass is 16.3. The number of aliphatic hydroxyl groups excluding tert-OH is 2. The van der Waals surface area contributed by atoms with E-state index in [-0.39, 0.29) is 13.2 Å². The number of pyridine rings is 1. The molecule has 1 fully saturated rings. The third-order valence-electron chi connectivity index (χ3n) is 3.93. The second-order valence-corrected chi connectivity index (χ2v) is 5.32. The molecule has 2 N–H and O–H groups in total. The van der Waals surface area contributed by atoms with Gasteiger partial charge in [-0.05, 0) is 25.8 Å². The van der Waals surface area contributed by atoms with E-state index in [1.54, 1.807) is 6.20 Å². The molecule has 0 aliphatic heterocycles. The number of aryl methyl sites for hydroxylation is 1. The largest absolute Gasteiger partial charge is 0.395 e. The number of rotatable bonds is 5. The van der Waals surface area contributed by atoms with Crippen molar-refractivity contribution in [2.75, 3.05) is 18.1 Å². The number of aliphatic hydroxyl groups is 2. The van der Waals surface area contributed by atoms with Gasteiger partial charge in [0, 0.05) is 35.7 Å². The smallest absolute Gasteiger partial charge is 0.0717 e. The molecule has 0 bridgehead atoms. The van der Waals surface area contributed by atoms with Crippen LogP contribution >= 0.6 is 0 Å². The molecule has 1 aliphatic rings. The molecular weight excluding hydrogens is 240 g/mol. The molecule has 1 saturated carbocycles. The van der Waals surface area contributed by atoms with Gasteiger partial charge in [-0.2, -0.15) is 0 Å². The number of nitrogens with zero attached hydrogens (tertiary/aromatic N) is 2. The van der Waals surface area contributed by atoms with Crippen LogP contribution in [-0.4, -0.2) is 34.4 Å². The summed E-state index contributed by atoms with van der Waals surface area (Å²) >= 11 is 0. The van der Waals surface area contributed by atoms with Gasteiger partial charge in [0.05, 0.1) is 13.2 Å². The molecule has 1 aromatic rings. The molecule has 0 radical (unpaired) electrons. The van der Waals surface area contributed by atoms with E-state index in [2.05, 4.69) is 9.88 Å². The molecule has 4 heteroatoms. The van der Waals surface area contributed by atoms with Gasteiger partial charge in [0.25, 0.3) is 0 Å². The molecule has 0 spiro atoms. The van der Waals surface area contributed by atoms with Crippen LogP contribution in [0.4, 0.5) is 5.69 Å². The highest BCUT2D eigenvalue weighted by molar-refractivity contribution is 5.54. The fourth-order valence-electron chi connectivity index (χ4n) is 2.96. The average molecular weight is 264 g/mol. The Morgan fingerprint density at radius 3 is 2.63 bits per heavy atom. The van der Waals surface area contributed by atoms with Crippen LogP contribution in [0.5, 0.6) is 0 Å². The fraction of sp³-hybridized carbons (Fsp3) is 0.667. The maximum atomic E-state index is 9.50. The molecule has 106 valence electrons. The van der Waals surface area contributed by atoms with E-state index in [4.69, 9.17) is 0 Å². The molecular formula is C15H24N2O2. The monoisotopic (exact) mass is 264 g/mol. The maximum Gasteiger partial charge on any atom is 0.0717 e. The van der Waals surface area contributed by atoms with Gasteiger partial charge in [-0.3, -0.25) is 4.98 Å². The van der Waals surface area contributed by atoms with E-state index in [9.17, 15) is 10.2 Å². The molecule has 1 heterocycles. The lowest BCUT2D eigenvalue weighted by Gasteiger charge is -2.37. The summed E-state index contributed by atoms with van der Waals surface area (Å²) in [6.07, 6.45) is 7.91. The van der Waals surface area contributed by atoms with Gasteiger partial charge < -0.3 is 15.1 Å². The van der Waals surface area contributed by atoms with Gasteiger partial charge >= 0.3 is 0 Å². The van der Waals surface area contributed by atoms with Crippen molar-refractivity contribution in [1.82, 2.24) is 4.98 Å². The number of hydrogen-bond acceptors (Lipinski definition) is 4. The normalized spacial score (nSPS) is 16.6. The van der Waals surface area contributed by atoms with Gasteiger partial charge in [-0.15, -0.1) is 0 Å². The second kappa shape index (κ2) is 6.87. The molecule has 0 unspecified atom stereocenters. The van der Waals surface area contributed by atoms with Crippen molar-refractivity contribution >= 4 is 5.69 Å². The van der Waals surface area contributed by atoms with Gasteiger partial charge in [-0.25, -0.2) is 0 Å². The molecule has 1 aliphatic carbocycles. The summed E-state index contributed by atoms with van der Waals surface area (Å²) in [6, 6.07) is 2.50. The average Bonchev–Trinajstić information content (AvgIpc) is 2.45. The lowest BCUT2D eigenvalue weighted by atomic mass is 9.93. The Morgan fingerprint density at radius 2 is 2.00 bits per heavy atom. The first kappa shape index (κ1) is 14.3. The lowest BCUT2D eigenvalue weighted by molar-refractivity contribution is 0.277. The maximum absolute atomic E-state index is 9.50. The predicted molar refractivity (Wildman–Crippen MR) is 76.2 cm³/mol. The molecule has 4 nitrogen and oxygen atoms in total. The first-order valence-electron chi connectivity index (χ1n) is 7.20. The van der Waals surface area contributed by atoms with Crippen LogP contribution in [0.3, 0.4) is 0 Å². The summed E-state index contributed by atoms with van der Waals surface area (Å²) in [5, 5.41) is 18.8. The second-order valence-electron chi connectivity index (χ2n) is 5.32. The third kappa shape index (κ3) is 3.45. The van der Waals surface area contributed by atoms with Crippen molar-refractivity contribution in [2.24, 2.45) is 0 Å². The van der Waals surface area contributed by atoms with Crippen LogP contribution in [0.1, 0.15) is 43.4 Å². The summed E-state index contributed by atoms with van der Waals surface area (Å²) in [5.74, 6) is 0. The van der Waals surface area contributed by atoms with E-state index in [1.807, 2.05) is 13.0 Å². The van der Waals surface area contributed by atoms with E-state index < -0.39 is 0 Å². The zero-order chi connectivity index (χ0) is 13.7. The van der Waals surface area contributed by atoms with Gasteiger partial charge in [0.15, 0.2) is 0 Å². The Morgan fingerprint density at radius 1 is 1.26 bits per heavy atom. The summed E-state index contributed by atoms with van der Waals surface area (Å²) in [5.41, 5.74) is 2.84. The van der Waals surface area contributed by atoms with Crippen molar-refractivity contribution in [3.05, 3.63) is 23.5 Å². The number of anilines is 1. The summed E-state index contributed by atoms with van der Waals surface area (Å²) in [4.78, 5) is 6.51. The Bertz CT molecular complexity index is 403. The molecule has 2 rings (SSSR count). The van der Waals surface area contributed by atoms with Gasteiger partial charge in [-0.1, -0.05) is 19.3 Å². The van der Waals surface area contributed by atoms with Crippen molar-refractivity contribution in [3.8, 4) is 0 Å². The zero-order valence-electron chi connectivity index (χ0n) is 11.7. The van der Waals surface area contributed by atoms with Crippen LogP contribution in [0.2, 0.25) is 0 Å². The van der Waals surface area contributed by atoms with E-state index >= 15 is 0 Å². The fourth-order valence-corrected chi connectivity index (χ4v) is 2.96. The minimum absolute atomic E-state index is 0.00272. The third-order valence-corrected chi connectivity index (χ3v) is 3.93. The highest BCUT2D eigenvalue weighted by Crippen LogP contribution is 2.29. The van der Waals surface area contributed by atoms with Crippen LogP contribution in [0.15, 0.2) is 12.3 Å². The standard InChI is InChI=1S/C15H24N2O2/c1-12-9-15(13(11-19)10-16-12)17(7-8-18)14-5-3-2-4-6-14/h9-10,14,18-19H,2-8,11H2,1H3. The SMILES string of the molecule is Cc1cc(N(CCO)C2CCCCC2)c(CO)cn1. The van der Waals surface area contributed by atoms with Crippen molar-refractivity contribution in [1.29, 1.82) is 0 Å². The van der Waals surface area contributed by atoms with Crippen LogP contribution in [-0.2, 0) is 6.61 Å². The van der Waals surface area contributed by atoms with Crippen LogP contribution in [0.25, 0.3) is 0 Å². The van der Waals surface area contributed by atoms with Crippen LogP contribution in [0, 0.1) is 6.92 Å². The molecule has 0 saturated heterocycles. The van der Waals surface area contributed by atoms with E-state index in [1.165, 1.54) is 32.1 Å². The van der Waals surface area contributed by atoms with E-state index in [0.717, 1.165) is 16.9 Å². The molecule has 19 heavy (non-hydrogen) atoms. The Balaban J connectivity index is 2.28. The Hall–Kier alpha value is -1.13. The summed E-state index contributed by atoms with van der Waals surface area (Å²) in [7, 11) is 0. The molecule has 1 aromatic heterocycles. The van der Waals surface area contributed by atoms with Crippen molar-refractivity contribution < 1.29 is 10.2 Å². The Kier molecular flexibility index (Phi) is 5.16. The van der Waals surface area contributed by atoms with Crippen LogP contribution < -0.4 is 4.90 Å².